The Balaban J connectivity index is 1.95. The summed E-state index contributed by atoms with van der Waals surface area (Å²) >= 11 is 0. The van der Waals surface area contributed by atoms with Gasteiger partial charge in [-0.05, 0) is 52.0 Å². The van der Waals surface area contributed by atoms with E-state index in [9.17, 15) is 4.79 Å². The average molecular weight is 301 g/mol. The van der Waals surface area contributed by atoms with Crippen molar-refractivity contribution in [3.63, 3.8) is 0 Å². The van der Waals surface area contributed by atoms with E-state index in [4.69, 9.17) is 4.74 Å². The average Bonchev–Trinajstić information content (AvgIpc) is 2.45. The van der Waals surface area contributed by atoms with Crippen LogP contribution in [0.15, 0.2) is 24.3 Å². The van der Waals surface area contributed by atoms with Crippen LogP contribution in [0.1, 0.15) is 26.6 Å². The first-order chi connectivity index (χ1) is 10.3. The maximum absolute atomic E-state index is 11.7. The zero-order valence-electron chi connectivity index (χ0n) is 13.1. The van der Waals surface area contributed by atoms with Crippen molar-refractivity contribution in [2.45, 2.75) is 33.2 Å². The third-order valence-corrected chi connectivity index (χ3v) is 2.58. The standard InChI is InChI=1S/C15H19N5O2/c1-10-17-19-14(20-18-10)11-5-7-12(8-6-11)22-9-13(21)16-15(2,3)4/h5-8H,9H2,1-4H3,(H,16,21). The molecule has 0 radical (unpaired) electrons. The topological polar surface area (TPSA) is 89.9 Å². The largest absolute Gasteiger partial charge is 0.484 e. The molecule has 1 heterocycles. The van der Waals surface area contributed by atoms with Gasteiger partial charge in [0.15, 0.2) is 12.4 Å². The van der Waals surface area contributed by atoms with Crippen LogP contribution in [0.4, 0.5) is 0 Å². The number of aryl methyl sites for hydroxylation is 1. The number of ether oxygens (including phenoxy) is 1. The molecule has 0 bridgehead atoms. The lowest BCUT2D eigenvalue weighted by atomic mass is 10.1. The quantitative estimate of drug-likeness (QED) is 0.921. The second kappa shape index (κ2) is 6.46. The van der Waals surface area contributed by atoms with Gasteiger partial charge < -0.3 is 10.1 Å². The van der Waals surface area contributed by atoms with Crippen LogP contribution < -0.4 is 10.1 Å². The van der Waals surface area contributed by atoms with Gasteiger partial charge >= 0.3 is 0 Å². The zero-order chi connectivity index (χ0) is 16.2. The molecular weight excluding hydrogens is 282 g/mol. The minimum absolute atomic E-state index is 0.0270. The molecule has 0 aliphatic carbocycles. The minimum Gasteiger partial charge on any atom is -0.484 e. The molecule has 0 saturated carbocycles. The van der Waals surface area contributed by atoms with Crippen molar-refractivity contribution in [3.8, 4) is 17.1 Å². The number of benzene rings is 1. The third kappa shape index (κ3) is 4.76. The summed E-state index contributed by atoms with van der Waals surface area (Å²) in [5.41, 5.74) is 0.513. The second-order valence-corrected chi connectivity index (χ2v) is 5.88. The highest BCUT2D eigenvalue weighted by Crippen LogP contribution is 2.18. The SMILES string of the molecule is Cc1nnc(-c2ccc(OCC(=O)NC(C)(C)C)cc2)nn1. The number of nitrogens with zero attached hydrogens (tertiary/aromatic N) is 4. The first kappa shape index (κ1) is 15.8. The van der Waals surface area contributed by atoms with E-state index in [-0.39, 0.29) is 18.1 Å². The Bertz CT molecular complexity index is 632. The summed E-state index contributed by atoms with van der Waals surface area (Å²) < 4.78 is 5.44. The molecule has 2 aromatic rings. The number of carbonyl (C=O) groups excluding carboxylic acids is 1. The maximum Gasteiger partial charge on any atom is 0.258 e. The number of carbonyl (C=O) groups is 1. The van der Waals surface area contributed by atoms with Gasteiger partial charge in [-0.1, -0.05) is 0 Å². The van der Waals surface area contributed by atoms with Crippen molar-refractivity contribution in [1.82, 2.24) is 25.7 Å². The fraction of sp³-hybridized carbons (Fsp3) is 0.400. The van der Waals surface area contributed by atoms with E-state index in [2.05, 4.69) is 25.7 Å². The Hall–Kier alpha value is -2.57. The van der Waals surface area contributed by atoms with Crippen molar-refractivity contribution in [2.24, 2.45) is 0 Å². The van der Waals surface area contributed by atoms with Crippen molar-refractivity contribution >= 4 is 5.91 Å². The summed E-state index contributed by atoms with van der Waals surface area (Å²) in [5, 5.41) is 18.5. The van der Waals surface area contributed by atoms with Crippen LogP contribution >= 0.6 is 0 Å². The van der Waals surface area contributed by atoms with E-state index in [0.717, 1.165) is 5.56 Å². The number of rotatable bonds is 4. The van der Waals surface area contributed by atoms with Crippen LogP contribution in [0.2, 0.25) is 0 Å². The first-order valence-electron chi connectivity index (χ1n) is 6.92. The monoisotopic (exact) mass is 301 g/mol. The molecule has 1 aromatic carbocycles. The van der Waals surface area contributed by atoms with E-state index in [1.165, 1.54) is 0 Å². The fourth-order valence-corrected chi connectivity index (χ4v) is 1.70. The normalized spacial score (nSPS) is 11.1. The number of nitrogens with one attached hydrogen (secondary N) is 1. The molecular formula is C15H19N5O2. The lowest BCUT2D eigenvalue weighted by Crippen LogP contribution is -2.43. The number of hydrogen-bond acceptors (Lipinski definition) is 6. The lowest BCUT2D eigenvalue weighted by molar-refractivity contribution is -0.124. The highest BCUT2D eigenvalue weighted by atomic mass is 16.5. The number of amides is 1. The Kier molecular flexibility index (Phi) is 4.65. The molecule has 0 fully saturated rings. The predicted molar refractivity (Wildman–Crippen MR) is 81.2 cm³/mol. The zero-order valence-corrected chi connectivity index (χ0v) is 13.1. The van der Waals surface area contributed by atoms with Crippen LogP contribution in [-0.2, 0) is 4.79 Å². The van der Waals surface area contributed by atoms with Gasteiger partial charge in [0.1, 0.15) is 5.75 Å². The predicted octanol–water partition coefficient (Wildman–Crippen LogP) is 1.54. The first-order valence-corrected chi connectivity index (χ1v) is 6.92. The van der Waals surface area contributed by atoms with Crippen LogP contribution in [0.25, 0.3) is 11.4 Å². The summed E-state index contributed by atoms with van der Waals surface area (Å²) in [4.78, 5) is 11.7. The Morgan fingerprint density at radius 2 is 1.68 bits per heavy atom. The van der Waals surface area contributed by atoms with Crippen molar-refractivity contribution in [3.05, 3.63) is 30.1 Å². The number of aromatic nitrogens is 4. The van der Waals surface area contributed by atoms with Gasteiger partial charge in [-0.3, -0.25) is 4.79 Å². The van der Waals surface area contributed by atoms with Crippen molar-refractivity contribution in [2.75, 3.05) is 6.61 Å². The highest BCUT2D eigenvalue weighted by molar-refractivity contribution is 5.78. The maximum atomic E-state index is 11.7. The Labute approximate surface area is 129 Å². The molecule has 1 amide bonds. The summed E-state index contributed by atoms with van der Waals surface area (Å²) in [6.07, 6.45) is 0. The van der Waals surface area contributed by atoms with E-state index in [0.29, 0.717) is 17.4 Å². The van der Waals surface area contributed by atoms with Gasteiger partial charge in [-0.25, -0.2) is 0 Å². The van der Waals surface area contributed by atoms with Crippen LogP contribution in [0, 0.1) is 6.92 Å². The molecule has 1 N–H and O–H groups in total. The molecule has 0 atom stereocenters. The lowest BCUT2D eigenvalue weighted by Gasteiger charge is -2.20. The van der Waals surface area contributed by atoms with Gasteiger partial charge in [-0.2, -0.15) is 0 Å². The molecule has 0 saturated heterocycles. The van der Waals surface area contributed by atoms with Gasteiger partial charge in [0.2, 0.25) is 5.82 Å². The van der Waals surface area contributed by atoms with E-state index >= 15 is 0 Å². The van der Waals surface area contributed by atoms with Crippen molar-refractivity contribution in [1.29, 1.82) is 0 Å². The molecule has 0 unspecified atom stereocenters. The number of hydrogen-bond donors (Lipinski definition) is 1. The second-order valence-electron chi connectivity index (χ2n) is 5.88. The Morgan fingerprint density at radius 1 is 1.09 bits per heavy atom. The summed E-state index contributed by atoms with van der Waals surface area (Å²) in [5.74, 6) is 1.41. The van der Waals surface area contributed by atoms with Gasteiger partial charge in [0.05, 0.1) is 0 Å². The van der Waals surface area contributed by atoms with Crippen molar-refractivity contribution < 1.29 is 9.53 Å². The fourth-order valence-electron chi connectivity index (χ4n) is 1.70. The Morgan fingerprint density at radius 3 is 2.23 bits per heavy atom. The molecule has 0 aliphatic rings. The van der Waals surface area contributed by atoms with Crippen LogP contribution in [-0.4, -0.2) is 38.4 Å². The third-order valence-electron chi connectivity index (χ3n) is 2.58. The van der Waals surface area contributed by atoms with Gasteiger partial charge in [0, 0.05) is 11.1 Å². The molecule has 22 heavy (non-hydrogen) atoms. The summed E-state index contributed by atoms with van der Waals surface area (Å²) in [6.45, 7) is 7.46. The molecule has 7 heteroatoms. The van der Waals surface area contributed by atoms with Crippen LogP contribution in [0.5, 0.6) is 5.75 Å². The van der Waals surface area contributed by atoms with E-state index in [1.807, 2.05) is 20.8 Å². The van der Waals surface area contributed by atoms with Gasteiger partial charge in [0.25, 0.3) is 5.91 Å². The summed E-state index contributed by atoms with van der Waals surface area (Å²) in [7, 11) is 0. The van der Waals surface area contributed by atoms with Gasteiger partial charge in [-0.15, -0.1) is 20.4 Å². The van der Waals surface area contributed by atoms with Crippen LogP contribution in [0.3, 0.4) is 0 Å². The van der Waals surface area contributed by atoms with E-state index in [1.54, 1.807) is 31.2 Å². The smallest absolute Gasteiger partial charge is 0.258 e. The summed E-state index contributed by atoms with van der Waals surface area (Å²) in [6, 6.07) is 7.10. The highest BCUT2D eigenvalue weighted by Gasteiger charge is 2.14. The molecule has 0 spiro atoms. The molecule has 1 aromatic heterocycles. The molecule has 2 rings (SSSR count). The minimum atomic E-state index is -0.271. The molecule has 7 nitrogen and oxygen atoms in total. The molecule has 0 aliphatic heterocycles. The molecule has 116 valence electrons. The van der Waals surface area contributed by atoms with E-state index < -0.39 is 0 Å².